The fourth-order valence-electron chi connectivity index (χ4n) is 2.94. The van der Waals surface area contributed by atoms with Gasteiger partial charge in [-0.15, -0.1) is 11.3 Å². The molecular formula is C25H19ClN4O4S. The molecule has 0 saturated heterocycles. The summed E-state index contributed by atoms with van der Waals surface area (Å²) in [5, 5.41) is 19.2. The summed E-state index contributed by atoms with van der Waals surface area (Å²) >= 11 is 7.40. The van der Waals surface area contributed by atoms with Gasteiger partial charge >= 0.3 is 5.97 Å². The summed E-state index contributed by atoms with van der Waals surface area (Å²) in [6.07, 6.45) is 1.48. The highest BCUT2D eigenvalue weighted by Crippen LogP contribution is 2.27. The van der Waals surface area contributed by atoms with Crippen LogP contribution in [0.3, 0.4) is 0 Å². The standard InChI is InChI=1S/C25H19ClN4O4S/c26-19-7-9-20(10-8-19)28-25-29-22(15-35-25)17-3-5-18(6-4-17)24(33)30-27-13-16-1-11-21(12-2-16)34-14-23(31)32/h1-13,15H,14H2,(H,28,29)(H,30,33)(H,31,32)/b27-13-. The number of nitrogens with one attached hydrogen (secondary N) is 2. The molecule has 176 valence electrons. The number of hydrogen-bond donors (Lipinski definition) is 3. The third-order valence-corrected chi connectivity index (χ3v) is 5.67. The third kappa shape index (κ3) is 6.89. The topological polar surface area (TPSA) is 113 Å². The number of benzene rings is 3. The Labute approximate surface area is 209 Å². The van der Waals surface area contributed by atoms with Crippen molar-refractivity contribution < 1.29 is 19.4 Å². The lowest BCUT2D eigenvalue weighted by Gasteiger charge is -2.03. The van der Waals surface area contributed by atoms with Crippen LogP contribution < -0.4 is 15.5 Å². The maximum Gasteiger partial charge on any atom is 0.341 e. The average Bonchev–Trinajstić information content (AvgIpc) is 3.33. The monoisotopic (exact) mass is 506 g/mol. The Hall–Kier alpha value is -4.21. The van der Waals surface area contributed by atoms with Crippen LogP contribution in [0.25, 0.3) is 11.3 Å². The summed E-state index contributed by atoms with van der Waals surface area (Å²) in [5.74, 6) is -0.965. The molecule has 4 aromatic rings. The number of nitrogens with zero attached hydrogens (tertiary/aromatic N) is 2. The fourth-order valence-corrected chi connectivity index (χ4v) is 3.80. The van der Waals surface area contributed by atoms with Crippen LogP contribution in [-0.4, -0.2) is 34.8 Å². The minimum atomic E-state index is -1.05. The number of anilines is 2. The van der Waals surface area contributed by atoms with E-state index in [0.29, 0.717) is 16.3 Å². The van der Waals surface area contributed by atoms with E-state index < -0.39 is 12.6 Å². The van der Waals surface area contributed by atoms with Crippen molar-refractivity contribution in [2.45, 2.75) is 0 Å². The Morgan fingerprint density at radius 2 is 1.74 bits per heavy atom. The van der Waals surface area contributed by atoms with E-state index in [9.17, 15) is 9.59 Å². The normalized spacial score (nSPS) is 10.8. The number of aromatic nitrogens is 1. The van der Waals surface area contributed by atoms with E-state index in [4.69, 9.17) is 21.4 Å². The van der Waals surface area contributed by atoms with E-state index in [0.717, 1.165) is 27.6 Å². The third-order valence-electron chi connectivity index (χ3n) is 4.66. The first-order valence-electron chi connectivity index (χ1n) is 10.3. The van der Waals surface area contributed by atoms with E-state index in [1.54, 1.807) is 36.4 Å². The quantitative estimate of drug-likeness (QED) is 0.206. The van der Waals surface area contributed by atoms with E-state index in [1.807, 2.05) is 41.8 Å². The molecule has 0 aliphatic carbocycles. The highest BCUT2D eigenvalue weighted by atomic mass is 35.5. The molecule has 10 heteroatoms. The molecule has 4 rings (SSSR count). The molecule has 0 aliphatic rings. The van der Waals surface area contributed by atoms with Crippen LogP contribution in [0.15, 0.2) is 83.3 Å². The van der Waals surface area contributed by atoms with Crippen molar-refractivity contribution in [3.63, 3.8) is 0 Å². The van der Waals surface area contributed by atoms with E-state index in [-0.39, 0.29) is 5.91 Å². The van der Waals surface area contributed by atoms with E-state index in [2.05, 4.69) is 20.8 Å². The van der Waals surface area contributed by atoms with E-state index >= 15 is 0 Å². The molecule has 1 amide bonds. The predicted molar refractivity (Wildman–Crippen MR) is 137 cm³/mol. The molecule has 0 spiro atoms. The van der Waals surface area contributed by atoms with Gasteiger partial charge in [-0.2, -0.15) is 5.10 Å². The van der Waals surface area contributed by atoms with Crippen LogP contribution in [-0.2, 0) is 4.79 Å². The molecule has 35 heavy (non-hydrogen) atoms. The minimum Gasteiger partial charge on any atom is -0.482 e. The number of rotatable bonds is 9. The van der Waals surface area contributed by atoms with Crippen LogP contribution in [0.2, 0.25) is 5.02 Å². The Balaban J connectivity index is 1.31. The molecule has 0 aliphatic heterocycles. The van der Waals surface area contributed by atoms with Gasteiger partial charge in [0.05, 0.1) is 11.9 Å². The lowest BCUT2D eigenvalue weighted by atomic mass is 10.1. The highest BCUT2D eigenvalue weighted by Gasteiger charge is 2.08. The number of aliphatic carboxylic acids is 1. The zero-order valence-corrected chi connectivity index (χ0v) is 19.7. The number of halogens is 1. The first kappa shape index (κ1) is 23.9. The molecule has 3 aromatic carbocycles. The van der Waals surface area contributed by atoms with Gasteiger partial charge < -0.3 is 15.2 Å². The van der Waals surface area contributed by atoms with Crippen molar-refractivity contribution in [2.75, 3.05) is 11.9 Å². The van der Waals surface area contributed by atoms with Crippen LogP contribution in [0.4, 0.5) is 10.8 Å². The maximum absolute atomic E-state index is 12.4. The Kier molecular flexibility index (Phi) is 7.71. The lowest BCUT2D eigenvalue weighted by molar-refractivity contribution is -0.139. The van der Waals surface area contributed by atoms with Crippen LogP contribution in [0, 0.1) is 0 Å². The first-order valence-corrected chi connectivity index (χ1v) is 11.6. The van der Waals surface area contributed by atoms with E-state index in [1.165, 1.54) is 17.6 Å². The van der Waals surface area contributed by atoms with Gasteiger partial charge in [0.25, 0.3) is 5.91 Å². The fraction of sp³-hybridized carbons (Fsp3) is 0.0400. The number of amides is 1. The number of carboxylic acid groups (broad SMARTS) is 1. The number of hydrazone groups is 1. The molecule has 0 bridgehead atoms. The maximum atomic E-state index is 12.4. The van der Waals surface area contributed by atoms with Crippen LogP contribution >= 0.6 is 22.9 Å². The number of hydrogen-bond acceptors (Lipinski definition) is 7. The summed E-state index contributed by atoms with van der Waals surface area (Å²) < 4.78 is 5.07. The Morgan fingerprint density at radius 1 is 1.03 bits per heavy atom. The molecule has 8 nitrogen and oxygen atoms in total. The number of thiazole rings is 1. The van der Waals surface area contributed by atoms with Gasteiger partial charge in [0.1, 0.15) is 5.75 Å². The Morgan fingerprint density at radius 3 is 2.43 bits per heavy atom. The predicted octanol–water partition coefficient (Wildman–Crippen LogP) is 5.43. The lowest BCUT2D eigenvalue weighted by Crippen LogP contribution is -2.17. The van der Waals surface area contributed by atoms with Crippen molar-refractivity contribution in [2.24, 2.45) is 5.10 Å². The summed E-state index contributed by atoms with van der Waals surface area (Å²) in [4.78, 5) is 27.5. The summed E-state index contributed by atoms with van der Waals surface area (Å²) in [6, 6.07) is 21.1. The van der Waals surface area contributed by atoms with Gasteiger partial charge in [-0.25, -0.2) is 15.2 Å². The first-order chi connectivity index (χ1) is 17.0. The highest BCUT2D eigenvalue weighted by molar-refractivity contribution is 7.14. The van der Waals surface area contributed by atoms with Crippen molar-refractivity contribution in [3.8, 4) is 17.0 Å². The second-order valence-electron chi connectivity index (χ2n) is 7.20. The van der Waals surface area contributed by atoms with Crippen LogP contribution in [0.1, 0.15) is 15.9 Å². The van der Waals surface area contributed by atoms with Crippen molar-refractivity contribution in [1.29, 1.82) is 0 Å². The second-order valence-corrected chi connectivity index (χ2v) is 8.49. The molecule has 0 unspecified atom stereocenters. The Bertz CT molecular complexity index is 1340. The summed E-state index contributed by atoms with van der Waals surface area (Å²) in [5.41, 5.74) is 6.24. The van der Waals surface area contributed by atoms with Crippen molar-refractivity contribution in [3.05, 3.63) is 94.3 Å². The number of carbonyl (C=O) groups is 2. The van der Waals surface area contributed by atoms with Crippen molar-refractivity contribution in [1.82, 2.24) is 10.4 Å². The molecule has 0 atom stereocenters. The number of carbonyl (C=O) groups excluding carboxylic acids is 1. The summed E-state index contributed by atoms with van der Waals surface area (Å²) in [6.45, 7) is -0.411. The average molecular weight is 507 g/mol. The zero-order chi connectivity index (χ0) is 24.6. The largest absolute Gasteiger partial charge is 0.482 e. The smallest absolute Gasteiger partial charge is 0.341 e. The number of carboxylic acids is 1. The molecular weight excluding hydrogens is 488 g/mol. The minimum absolute atomic E-state index is 0.349. The molecule has 0 saturated carbocycles. The van der Waals surface area contributed by atoms with Gasteiger partial charge in [0.2, 0.25) is 0 Å². The molecule has 0 radical (unpaired) electrons. The molecule has 0 fully saturated rings. The number of ether oxygens (including phenoxy) is 1. The molecule has 1 heterocycles. The second kappa shape index (κ2) is 11.3. The van der Waals surface area contributed by atoms with Gasteiger partial charge in [0, 0.05) is 27.2 Å². The zero-order valence-electron chi connectivity index (χ0n) is 18.1. The summed E-state index contributed by atoms with van der Waals surface area (Å²) in [7, 11) is 0. The van der Waals surface area contributed by atoms with Gasteiger partial charge in [0.15, 0.2) is 11.7 Å². The van der Waals surface area contributed by atoms with Gasteiger partial charge in [-0.1, -0.05) is 23.7 Å². The molecule has 1 aromatic heterocycles. The SMILES string of the molecule is O=C(O)COc1ccc(/C=N\NC(=O)c2ccc(-c3csc(Nc4ccc(Cl)cc4)n3)cc2)cc1. The van der Waals surface area contributed by atoms with Gasteiger partial charge in [-0.3, -0.25) is 4.79 Å². The van der Waals surface area contributed by atoms with Gasteiger partial charge in [-0.05, 0) is 66.2 Å². The molecule has 3 N–H and O–H groups in total. The van der Waals surface area contributed by atoms with Crippen molar-refractivity contribution >= 4 is 51.8 Å². The van der Waals surface area contributed by atoms with Crippen LogP contribution in [0.5, 0.6) is 5.75 Å².